The summed E-state index contributed by atoms with van der Waals surface area (Å²) in [4.78, 5) is 1.37. The van der Waals surface area contributed by atoms with Gasteiger partial charge in [0.1, 0.15) is 0 Å². The largest absolute Gasteiger partial charge is 0.398 e. The Morgan fingerprint density at radius 1 is 1.50 bits per heavy atom. The molecular formula is C10H17NS. The molecule has 1 nitrogen and oxygen atoms in total. The molecule has 0 amide bonds. The first-order chi connectivity index (χ1) is 5.66. The first kappa shape index (κ1) is 9.59. The van der Waals surface area contributed by atoms with Crippen LogP contribution in [0, 0.1) is 5.92 Å². The van der Waals surface area contributed by atoms with Crippen molar-refractivity contribution in [3.8, 4) is 0 Å². The molecule has 1 heterocycles. The Hall–Kier alpha value is -0.500. The number of nitrogens with two attached hydrogens (primary N) is 1. The van der Waals surface area contributed by atoms with Crippen LogP contribution in [0.3, 0.4) is 0 Å². The third-order valence-electron chi connectivity index (χ3n) is 2.31. The molecule has 2 heteroatoms. The maximum atomic E-state index is 5.87. The summed E-state index contributed by atoms with van der Waals surface area (Å²) in [5.74, 6) is 1.33. The van der Waals surface area contributed by atoms with Crippen molar-refractivity contribution in [2.75, 3.05) is 5.73 Å². The van der Waals surface area contributed by atoms with Gasteiger partial charge in [0, 0.05) is 10.6 Å². The van der Waals surface area contributed by atoms with Gasteiger partial charge in [-0.15, -0.1) is 11.3 Å². The van der Waals surface area contributed by atoms with Crippen LogP contribution in [-0.4, -0.2) is 0 Å². The van der Waals surface area contributed by atoms with Crippen LogP contribution in [0.25, 0.3) is 0 Å². The third-order valence-corrected chi connectivity index (χ3v) is 3.37. The molecule has 0 aliphatic rings. The normalized spacial score (nSPS) is 13.7. The number of thiophene rings is 1. The van der Waals surface area contributed by atoms with Crippen LogP contribution in [0.1, 0.15) is 38.0 Å². The van der Waals surface area contributed by atoms with Gasteiger partial charge in [-0.2, -0.15) is 0 Å². The summed E-state index contributed by atoms with van der Waals surface area (Å²) in [5, 5.41) is 2.08. The quantitative estimate of drug-likeness (QED) is 0.762. The lowest BCUT2D eigenvalue weighted by Crippen LogP contribution is -2.05. The molecular weight excluding hydrogens is 166 g/mol. The summed E-state index contributed by atoms with van der Waals surface area (Å²) >= 11 is 1.79. The fourth-order valence-corrected chi connectivity index (χ4v) is 2.77. The molecule has 0 aromatic carbocycles. The zero-order chi connectivity index (χ0) is 9.14. The minimum Gasteiger partial charge on any atom is -0.398 e. The lowest BCUT2D eigenvalue weighted by molar-refractivity contribution is 0.493. The van der Waals surface area contributed by atoms with Crippen LogP contribution in [0.2, 0.25) is 0 Å². The van der Waals surface area contributed by atoms with Crippen molar-refractivity contribution in [2.45, 2.75) is 33.1 Å². The maximum absolute atomic E-state index is 5.87. The van der Waals surface area contributed by atoms with E-state index >= 15 is 0 Å². The van der Waals surface area contributed by atoms with E-state index in [9.17, 15) is 0 Å². The Morgan fingerprint density at radius 2 is 2.17 bits per heavy atom. The van der Waals surface area contributed by atoms with Crippen molar-refractivity contribution in [3.05, 3.63) is 16.3 Å². The van der Waals surface area contributed by atoms with Gasteiger partial charge in [-0.25, -0.2) is 0 Å². The van der Waals surface area contributed by atoms with E-state index in [-0.39, 0.29) is 0 Å². The van der Waals surface area contributed by atoms with Gasteiger partial charge in [-0.1, -0.05) is 20.8 Å². The number of hydrogen-bond acceptors (Lipinski definition) is 2. The van der Waals surface area contributed by atoms with E-state index < -0.39 is 0 Å². The molecule has 1 aromatic heterocycles. The monoisotopic (exact) mass is 183 g/mol. The van der Waals surface area contributed by atoms with Gasteiger partial charge in [-0.05, 0) is 29.7 Å². The molecule has 1 rings (SSSR count). The molecule has 0 spiro atoms. The second-order valence-electron chi connectivity index (χ2n) is 3.50. The van der Waals surface area contributed by atoms with Crippen molar-refractivity contribution >= 4 is 17.0 Å². The zero-order valence-electron chi connectivity index (χ0n) is 8.00. The molecule has 68 valence electrons. The molecule has 0 aliphatic heterocycles. The predicted molar refractivity (Wildman–Crippen MR) is 56.6 cm³/mol. The summed E-state index contributed by atoms with van der Waals surface area (Å²) in [7, 11) is 0. The molecule has 0 saturated heterocycles. The van der Waals surface area contributed by atoms with E-state index in [4.69, 9.17) is 5.73 Å². The minimum atomic E-state index is 0.644. The second kappa shape index (κ2) is 3.94. The highest BCUT2D eigenvalue weighted by molar-refractivity contribution is 7.10. The number of nitrogen functional groups attached to an aromatic ring is 1. The van der Waals surface area contributed by atoms with Crippen LogP contribution < -0.4 is 5.73 Å². The lowest BCUT2D eigenvalue weighted by atomic mass is 9.91. The summed E-state index contributed by atoms with van der Waals surface area (Å²) in [6.07, 6.45) is 1.18. The topological polar surface area (TPSA) is 26.0 Å². The summed E-state index contributed by atoms with van der Waals surface area (Å²) in [5.41, 5.74) is 6.84. The van der Waals surface area contributed by atoms with Crippen LogP contribution in [-0.2, 0) is 0 Å². The van der Waals surface area contributed by atoms with Crippen molar-refractivity contribution in [2.24, 2.45) is 5.92 Å². The molecule has 1 aromatic rings. The Balaban J connectivity index is 2.87. The Bertz CT molecular complexity index is 240. The average Bonchev–Trinajstić information content (AvgIpc) is 2.38. The first-order valence-electron chi connectivity index (χ1n) is 4.49. The van der Waals surface area contributed by atoms with Gasteiger partial charge in [0.25, 0.3) is 0 Å². The highest BCUT2D eigenvalue weighted by Gasteiger charge is 2.16. The molecule has 0 radical (unpaired) electrons. The lowest BCUT2D eigenvalue weighted by Gasteiger charge is -2.17. The van der Waals surface area contributed by atoms with E-state index in [1.54, 1.807) is 11.3 Å². The molecule has 1 atom stereocenters. The Kier molecular flexibility index (Phi) is 3.15. The molecule has 0 unspecified atom stereocenters. The van der Waals surface area contributed by atoms with E-state index in [1.807, 2.05) is 6.07 Å². The minimum absolute atomic E-state index is 0.644. The van der Waals surface area contributed by atoms with Crippen LogP contribution in [0.4, 0.5) is 5.69 Å². The maximum Gasteiger partial charge on any atom is 0.0458 e. The predicted octanol–water partition coefficient (Wildman–Crippen LogP) is 3.48. The highest BCUT2D eigenvalue weighted by atomic mass is 32.1. The standard InChI is InChI=1S/C10H17NS/c1-4-8(7(2)3)10-9(11)5-6-12-10/h5-8H,4,11H2,1-3H3/t8-/m1/s1. The van der Waals surface area contributed by atoms with Crippen molar-refractivity contribution in [1.29, 1.82) is 0 Å². The molecule has 12 heavy (non-hydrogen) atoms. The van der Waals surface area contributed by atoms with Crippen molar-refractivity contribution in [3.63, 3.8) is 0 Å². The average molecular weight is 183 g/mol. The van der Waals surface area contributed by atoms with Crippen molar-refractivity contribution < 1.29 is 0 Å². The van der Waals surface area contributed by atoms with Crippen molar-refractivity contribution in [1.82, 2.24) is 0 Å². The molecule has 2 N–H and O–H groups in total. The SMILES string of the molecule is CC[C@@H](c1sccc1N)C(C)C. The molecule has 0 saturated carbocycles. The molecule has 0 fully saturated rings. The van der Waals surface area contributed by atoms with Gasteiger partial charge in [0.05, 0.1) is 0 Å². The first-order valence-corrected chi connectivity index (χ1v) is 5.37. The zero-order valence-corrected chi connectivity index (χ0v) is 8.82. The summed E-state index contributed by atoms with van der Waals surface area (Å²) < 4.78 is 0. The summed E-state index contributed by atoms with van der Waals surface area (Å²) in [6.45, 7) is 6.74. The molecule has 0 bridgehead atoms. The van der Waals surface area contributed by atoms with Gasteiger partial charge >= 0.3 is 0 Å². The second-order valence-corrected chi connectivity index (χ2v) is 4.45. The van der Waals surface area contributed by atoms with Crippen LogP contribution in [0.15, 0.2) is 11.4 Å². The van der Waals surface area contributed by atoms with E-state index in [1.165, 1.54) is 11.3 Å². The van der Waals surface area contributed by atoms with E-state index in [2.05, 4.69) is 26.2 Å². The summed E-state index contributed by atoms with van der Waals surface area (Å²) in [6, 6.07) is 2.00. The van der Waals surface area contributed by atoms with E-state index in [0.29, 0.717) is 11.8 Å². The fourth-order valence-electron chi connectivity index (χ4n) is 1.59. The number of hydrogen-bond donors (Lipinski definition) is 1. The third kappa shape index (κ3) is 1.81. The fraction of sp³-hybridized carbons (Fsp3) is 0.600. The number of rotatable bonds is 3. The van der Waals surface area contributed by atoms with E-state index in [0.717, 1.165) is 5.69 Å². The smallest absolute Gasteiger partial charge is 0.0458 e. The Labute approximate surface area is 78.6 Å². The van der Waals surface area contributed by atoms with Crippen LogP contribution >= 0.6 is 11.3 Å². The van der Waals surface area contributed by atoms with Crippen LogP contribution in [0.5, 0.6) is 0 Å². The number of anilines is 1. The van der Waals surface area contributed by atoms with Gasteiger partial charge in [0.15, 0.2) is 0 Å². The van der Waals surface area contributed by atoms with Gasteiger partial charge in [-0.3, -0.25) is 0 Å². The highest BCUT2D eigenvalue weighted by Crippen LogP contribution is 2.35. The van der Waals surface area contributed by atoms with Gasteiger partial charge in [0.2, 0.25) is 0 Å². The van der Waals surface area contributed by atoms with Gasteiger partial charge < -0.3 is 5.73 Å². The molecule has 0 aliphatic carbocycles. The Morgan fingerprint density at radius 3 is 2.50 bits per heavy atom.